The smallest absolute Gasteiger partial charge is 0.219 e. The molecule has 1 atom stereocenters. The van der Waals surface area contributed by atoms with Crippen molar-refractivity contribution in [2.75, 3.05) is 13.1 Å². The number of benzene rings is 2. The van der Waals surface area contributed by atoms with E-state index in [9.17, 15) is 4.79 Å². The Kier molecular flexibility index (Phi) is 4.99. The Bertz CT molecular complexity index is 1070. The van der Waals surface area contributed by atoms with Crippen LogP contribution in [0.3, 0.4) is 0 Å². The lowest BCUT2D eigenvalue weighted by Crippen LogP contribution is -2.59. The van der Waals surface area contributed by atoms with Crippen molar-refractivity contribution < 1.29 is 9.53 Å². The quantitative estimate of drug-likeness (QED) is 0.500. The van der Waals surface area contributed by atoms with Gasteiger partial charge in [0, 0.05) is 59.9 Å². The van der Waals surface area contributed by atoms with Crippen molar-refractivity contribution in [2.45, 2.75) is 38.0 Å². The minimum atomic E-state index is -0.571. The van der Waals surface area contributed by atoms with Crippen molar-refractivity contribution in [3.63, 3.8) is 0 Å². The van der Waals surface area contributed by atoms with Gasteiger partial charge < -0.3 is 9.64 Å². The molecule has 5 nitrogen and oxygen atoms in total. The van der Waals surface area contributed by atoms with Crippen LogP contribution in [0.15, 0.2) is 46.0 Å². The zero-order valence-electron chi connectivity index (χ0n) is 16.4. The van der Waals surface area contributed by atoms with Crippen LogP contribution in [0.5, 0.6) is 5.75 Å². The van der Waals surface area contributed by atoms with Crippen LogP contribution in [0, 0.1) is 0 Å². The lowest BCUT2D eigenvalue weighted by Gasteiger charge is -2.51. The molecule has 0 bridgehead atoms. The van der Waals surface area contributed by atoms with Gasteiger partial charge in [0.25, 0.3) is 0 Å². The number of amides is 1. The third-order valence-corrected chi connectivity index (χ3v) is 7.23. The van der Waals surface area contributed by atoms with Gasteiger partial charge in [0.15, 0.2) is 0 Å². The van der Waals surface area contributed by atoms with Crippen LogP contribution < -0.4 is 4.74 Å². The number of rotatable bonds is 1. The topological polar surface area (TPSA) is 45.1 Å². The van der Waals surface area contributed by atoms with E-state index in [-0.39, 0.29) is 11.9 Å². The van der Waals surface area contributed by atoms with E-state index in [4.69, 9.17) is 33.0 Å². The Hall–Kier alpha value is -1.76. The molecule has 0 aliphatic carbocycles. The zero-order valence-corrected chi connectivity index (χ0v) is 19.5. The molecule has 0 aromatic heterocycles. The summed E-state index contributed by atoms with van der Waals surface area (Å²) in [7, 11) is 0. The summed E-state index contributed by atoms with van der Waals surface area (Å²) in [6.07, 6.45) is 2.12. The van der Waals surface area contributed by atoms with Crippen molar-refractivity contribution in [2.24, 2.45) is 5.10 Å². The fourth-order valence-corrected chi connectivity index (χ4v) is 5.54. The Balaban J connectivity index is 1.57. The SMILES string of the molecule is CC(=O)N1CCC2(CC1)Oc1ccc(Br)cc1C1CC(c3ccc(Cl)cc3Cl)=NN12. The van der Waals surface area contributed by atoms with Gasteiger partial charge in [-0.2, -0.15) is 5.10 Å². The highest BCUT2D eigenvalue weighted by atomic mass is 79.9. The minimum absolute atomic E-state index is 0.0527. The second-order valence-corrected chi connectivity index (χ2v) is 9.73. The number of halogens is 3. The van der Waals surface area contributed by atoms with E-state index in [0.29, 0.717) is 36.0 Å². The summed E-state index contributed by atoms with van der Waals surface area (Å²) in [6.45, 7) is 2.91. The summed E-state index contributed by atoms with van der Waals surface area (Å²) < 4.78 is 7.60. The molecule has 1 fully saturated rings. The molecule has 5 rings (SSSR count). The van der Waals surface area contributed by atoms with Crippen molar-refractivity contribution in [1.82, 2.24) is 9.91 Å². The van der Waals surface area contributed by atoms with E-state index in [0.717, 1.165) is 33.5 Å². The molecule has 2 aromatic rings. The van der Waals surface area contributed by atoms with Crippen LogP contribution in [0.25, 0.3) is 0 Å². The fourth-order valence-electron chi connectivity index (χ4n) is 4.64. The molecular weight excluding hydrogens is 489 g/mol. The fraction of sp³-hybridized carbons (Fsp3) is 0.364. The Morgan fingerprint density at radius 1 is 1.20 bits per heavy atom. The molecule has 3 aliphatic rings. The largest absolute Gasteiger partial charge is 0.466 e. The number of fused-ring (bicyclic) bond motifs is 4. The molecule has 1 saturated heterocycles. The number of piperidine rings is 1. The molecule has 2 aromatic carbocycles. The number of carbonyl (C=O) groups is 1. The lowest BCUT2D eigenvalue weighted by molar-refractivity contribution is -0.158. The van der Waals surface area contributed by atoms with Crippen molar-refractivity contribution in [3.05, 3.63) is 62.0 Å². The summed E-state index contributed by atoms with van der Waals surface area (Å²) in [5, 5.41) is 8.33. The van der Waals surface area contributed by atoms with E-state index < -0.39 is 5.72 Å². The molecule has 3 heterocycles. The number of hydrogen-bond acceptors (Lipinski definition) is 4. The summed E-state index contributed by atoms with van der Waals surface area (Å²) in [4.78, 5) is 13.7. The van der Waals surface area contributed by atoms with Crippen LogP contribution in [0.4, 0.5) is 0 Å². The standard InChI is InChI=1S/C22H20BrCl2N3O2/c1-13(29)27-8-6-22(7-9-27)28-20(17-10-14(23)2-5-21(17)30-22)12-19(26-28)16-4-3-15(24)11-18(16)25/h2-5,10-11,20H,6-9,12H2,1H3. The van der Waals surface area contributed by atoms with Crippen LogP contribution in [0.1, 0.15) is 43.4 Å². The summed E-state index contributed by atoms with van der Waals surface area (Å²) in [6, 6.07) is 11.7. The normalized spacial score (nSPS) is 21.7. The third-order valence-electron chi connectivity index (χ3n) is 6.19. The molecule has 1 spiro atoms. The highest BCUT2D eigenvalue weighted by molar-refractivity contribution is 9.10. The summed E-state index contributed by atoms with van der Waals surface area (Å²) >= 11 is 16.2. The second-order valence-electron chi connectivity index (χ2n) is 7.97. The molecule has 3 aliphatic heterocycles. The van der Waals surface area contributed by atoms with Gasteiger partial charge >= 0.3 is 0 Å². The van der Waals surface area contributed by atoms with Gasteiger partial charge in [0.2, 0.25) is 11.6 Å². The first-order valence-electron chi connectivity index (χ1n) is 9.92. The number of likely N-dealkylation sites (tertiary alicyclic amines) is 1. The van der Waals surface area contributed by atoms with Gasteiger partial charge in [-0.15, -0.1) is 0 Å². The maximum Gasteiger partial charge on any atom is 0.219 e. The van der Waals surface area contributed by atoms with Gasteiger partial charge in [-0.1, -0.05) is 45.2 Å². The maximum atomic E-state index is 11.8. The zero-order chi connectivity index (χ0) is 21.0. The van der Waals surface area contributed by atoms with E-state index in [1.807, 2.05) is 29.2 Å². The highest BCUT2D eigenvalue weighted by Crippen LogP contribution is 2.50. The van der Waals surface area contributed by atoms with E-state index in [2.05, 4.69) is 27.0 Å². The monoisotopic (exact) mass is 507 g/mol. The average molecular weight is 509 g/mol. The minimum Gasteiger partial charge on any atom is -0.466 e. The first-order chi connectivity index (χ1) is 14.4. The molecule has 8 heteroatoms. The molecule has 1 unspecified atom stereocenters. The number of nitrogens with zero attached hydrogens (tertiary/aromatic N) is 3. The van der Waals surface area contributed by atoms with Gasteiger partial charge in [-0.25, -0.2) is 5.01 Å². The number of carbonyl (C=O) groups excluding carboxylic acids is 1. The van der Waals surface area contributed by atoms with Gasteiger partial charge in [-0.3, -0.25) is 4.79 Å². The first kappa shape index (κ1) is 20.2. The lowest BCUT2D eigenvalue weighted by atomic mass is 9.90. The van der Waals surface area contributed by atoms with Crippen LogP contribution in [-0.2, 0) is 4.79 Å². The highest BCUT2D eigenvalue weighted by Gasteiger charge is 2.52. The Labute approximate surface area is 193 Å². The molecule has 1 amide bonds. The van der Waals surface area contributed by atoms with E-state index >= 15 is 0 Å². The third kappa shape index (κ3) is 3.29. The van der Waals surface area contributed by atoms with E-state index in [1.54, 1.807) is 13.0 Å². The maximum absolute atomic E-state index is 11.8. The molecule has 30 heavy (non-hydrogen) atoms. The Morgan fingerprint density at radius 3 is 2.67 bits per heavy atom. The van der Waals surface area contributed by atoms with Crippen LogP contribution >= 0.6 is 39.1 Å². The molecule has 0 N–H and O–H groups in total. The van der Waals surface area contributed by atoms with Crippen molar-refractivity contribution in [3.8, 4) is 5.75 Å². The molecule has 0 saturated carbocycles. The van der Waals surface area contributed by atoms with Gasteiger partial charge in [0.05, 0.1) is 16.8 Å². The summed E-state index contributed by atoms with van der Waals surface area (Å²) in [5.74, 6) is 0.981. The second kappa shape index (κ2) is 7.43. The van der Waals surface area contributed by atoms with Crippen LogP contribution in [-0.4, -0.2) is 40.3 Å². The number of hydrazone groups is 1. The van der Waals surface area contributed by atoms with Crippen molar-refractivity contribution in [1.29, 1.82) is 0 Å². The number of hydrogen-bond donors (Lipinski definition) is 0. The van der Waals surface area contributed by atoms with Crippen molar-refractivity contribution >= 4 is 50.8 Å². The first-order valence-corrected chi connectivity index (χ1v) is 11.5. The van der Waals surface area contributed by atoms with Gasteiger partial charge in [-0.05, 0) is 30.3 Å². The molecular formula is C22H20BrCl2N3O2. The molecule has 0 radical (unpaired) electrons. The Morgan fingerprint density at radius 2 is 1.97 bits per heavy atom. The van der Waals surface area contributed by atoms with Crippen LogP contribution in [0.2, 0.25) is 10.0 Å². The number of ether oxygens (including phenoxy) is 1. The average Bonchev–Trinajstić information content (AvgIpc) is 3.15. The van der Waals surface area contributed by atoms with E-state index in [1.165, 1.54) is 0 Å². The molecule has 156 valence electrons. The van der Waals surface area contributed by atoms with Gasteiger partial charge in [0.1, 0.15) is 5.75 Å². The summed E-state index contributed by atoms with van der Waals surface area (Å²) in [5.41, 5.74) is 2.35. The predicted molar refractivity (Wildman–Crippen MR) is 121 cm³/mol. The predicted octanol–water partition coefficient (Wildman–Crippen LogP) is 5.64.